The molecule has 8 heteroatoms. The quantitative estimate of drug-likeness (QED) is 0.206. The van der Waals surface area contributed by atoms with Gasteiger partial charge in [-0.2, -0.15) is 0 Å². The second kappa shape index (κ2) is 16.9. The van der Waals surface area contributed by atoms with E-state index in [1.807, 2.05) is 0 Å². The Morgan fingerprint density at radius 3 is 1.81 bits per heavy atom. The molecule has 0 amide bonds. The molecule has 0 aromatic heterocycles. The molecule has 0 spiro atoms. The smallest absolute Gasteiger partial charge is 0.306 e. The summed E-state index contributed by atoms with van der Waals surface area (Å²) in [4.78, 5) is 15.8. The zero-order chi connectivity index (χ0) is 19.6. The van der Waals surface area contributed by atoms with Crippen molar-refractivity contribution in [3.63, 3.8) is 0 Å². The average Bonchev–Trinajstić information content (AvgIpc) is 2.70. The van der Waals surface area contributed by atoms with Gasteiger partial charge in [-0.25, -0.2) is 0 Å². The second-order valence-electron chi connectivity index (χ2n) is 6.10. The summed E-state index contributed by atoms with van der Waals surface area (Å²) < 4.78 is 26.1. The molecule has 8 nitrogen and oxygen atoms in total. The first-order valence-electron chi connectivity index (χ1n) is 9.52. The Labute approximate surface area is 163 Å². The Morgan fingerprint density at radius 2 is 1.30 bits per heavy atom. The van der Waals surface area contributed by atoms with E-state index in [9.17, 15) is 4.79 Å². The van der Waals surface area contributed by atoms with E-state index >= 15 is 0 Å². The summed E-state index contributed by atoms with van der Waals surface area (Å²) in [5, 5.41) is 0. The van der Waals surface area contributed by atoms with Crippen LogP contribution in [0.2, 0.25) is 0 Å². The van der Waals surface area contributed by atoms with Crippen LogP contribution in [0.15, 0.2) is 0 Å². The van der Waals surface area contributed by atoms with Crippen LogP contribution in [-0.2, 0) is 28.5 Å². The Bertz CT molecular complexity index is 407. The Hall–Kier alpha value is -1.21. The van der Waals surface area contributed by atoms with E-state index in [2.05, 4.69) is 20.5 Å². The molecule has 0 aliphatic carbocycles. The largest absolute Gasteiger partial charge is 0.469 e. The molecule has 0 unspecified atom stereocenters. The minimum Gasteiger partial charge on any atom is -0.469 e. The van der Waals surface area contributed by atoms with Gasteiger partial charge in [0.2, 0.25) is 0 Å². The van der Waals surface area contributed by atoms with Crippen LogP contribution in [0.25, 0.3) is 0 Å². The normalized spacial score (nSPS) is 15.6. The van der Waals surface area contributed by atoms with Crippen LogP contribution < -0.4 is 0 Å². The number of methoxy groups -OCH3 is 1. The fourth-order valence-electron chi connectivity index (χ4n) is 2.57. The maximum absolute atomic E-state index is 11.2. The standard InChI is InChI=1S/C19H34N2O6/c1-3-11-24-13-15-26-17-18-27-16-14-25-12-10-21-8-6-20(7-9-21)5-4-19(22)23-2/h1H,4-18H2,2H3. The molecule has 0 radical (unpaired) electrons. The molecule has 1 fully saturated rings. The zero-order valence-electron chi connectivity index (χ0n) is 16.5. The third-order valence-corrected chi connectivity index (χ3v) is 4.18. The molecule has 0 atom stereocenters. The molecule has 0 N–H and O–H groups in total. The van der Waals surface area contributed by atoms with Gasteiger partial charge in [-0.05, 0) is 0 Å². The van der Waals surface area contributed by atoms with Gasteiger partial charge in [0.05, 0.1) is 59.8 Å². The summed E-state index contributed by atoms with van der Waals surface area (Å²) in [7, 11) is 1.43. The summed E-state index contributed by atoms with van der Waals surface area (Å²) in [5.41, 5.74) is 0. The first-order valence-corrected chi connectivity index (χ1v) is 9.52. The lowest BCUT2D eigenvalue weighted by atomic mass is 10.3. The fourth-order valence-corrected chi connectivity index (χ4v) is 2.57. The number of piperazine rings is 1. The van der Waals surface area contributed by atoms with Gasteiger partial charge < -0.3 is 28.6 Å². The van der Waals surface area contributed by atoms with E-state index in [4.69, 9.17) is 25.4 Å². The van der Waals surface area contributed by atoms with Gasteiger partial charge in [0.15, 0.2) is 0 Å². The van der Waals surface area contributed by atoms with Gasteiger partial charge in [0.1, 0.15) is 6.61 Å². The van der Waals surface area contributed by atoms with Crippen molar-refractivity contribution >= 4 is 5.97 Å². The highest BCUT2D eigenvalue weighted by Gasteiger charge is 2.17. The molecule has 156 valence electrons. The zero-order valence-corrected chi connectivity index (χ0v) is 16.5. The Balaban J connectivity index is 1.82. The van der Waals surface area contributed by atoms with Crippen LogP contribution in [0.3, 0.4) is 0 Å². The molecule has 1 aliphatic heterocycles. The van der Waals surface area contributed by atoms with Crippen molar-refractivity contribution in [1.82, 2.24) is 9.80 Å². The molecule has 1 rings (SSSR count). The van der Waals surface area contributed by atoms with Gasteiger partial charge >= 0.3 is 5.97 Å². The van der Waals surface area contributed by atoms with Crippen molar-refractivity contribution in [2.24, 2.45) is 0 Å². The van der Waals surface area contributed by atoms with E-state index in [1.165, 1.54) is 7.11 Å². The maximum Gasteiger partial charge on any atom is 0.306 e. The van der Waals surface area contributed by atoms with Crippen LogP contribution in [0.1, 0.15) is 6.42 Å². The highest BCUT2D eigenvalue weighted by Crippen LogP contribution is 2.02. The lowest BCUT2D eigenvalue weighted by Gasteiger charge is -2.34. The van der Waals surface area contributed by atoms with E-state index < -0.39 is 0 Å². The highest BCUT2D eigenvalue weighted by molar-refractivity contribution is 5.69. The van der Waals surface area contributed by atoms with Gasteiger partial charge in [-0.15, -0.1) is 6.42 Å². The lowest BCUT2D eigenvalue weighted by Crippen LogP contribution is -2.47. The van der Waals surface area contributed by atoms with Crippen molar-refractivity contribution in [3.8, 4) is 12.3 Å². The van der Waals surface area contributed by atoms with E-state index in [1.54, 1.807) is 0 Å². The monoisotopic (exact) mass is 386 g/mol. The van der Waals surface area contributed by atoms with Gasteiger partial charge in [-0.3, -0.25) is 9.69 Å². The summed E-state index contributed by atoms with van der Waals surface area (Å²) in [6.45, 7) is 9.96. The van der Waals surface area contributed by atoms with Crippen molar-refractivity contribution < 1.29 is 28.5 Å². The molecule has 0 bridgehead atoms. The molecular weight excluding hydrogens is 352 g/mol. The summed E-state index contributed by atoms with van der Waals surface area (Å²) in [6.07, 6.45) is 5.53. The number of nitrogens with zero attached hydrogens (tertiary/aromatic N) is 2. The van der Waals surface area contributed by atoms with Crippen LogP contribution in [0.4, 0.5) is 0 Å². The summed E-state index contributed by atoms with van der Waals surface area (Å²) in [5.74, 6) is 2.26. The summed E-state index contributed by atoms with van der Waals surface area (Å²) in [6, 6.07) is 0. The number of hydrogen-bond donors (Lipinski definition) is 0. The van der Waals surface area contributed by atoms with Gasteiger partial charge in [0, 0.05) is 39.3 Å². The molecule has 0 saturated carbocycles. The van der Waals surface area contributed by atoms with Crippen molar-refractivity contribution in [2.45, 2.75) is 6.42 Å². The van der Waals surface area contributed by atoms with E-state index in [0.29, 0.717) is 59.3 Å². The number of hydrogen-bond acceptors (Lipinski definition) is 8. The fraction of sp³-hybridized carbons (Fsp3) is 0.842. The topological polar surface area (TPSA) is 69.7 Å². The number of terminal acetylenes is 1. The molecule has 0 aromatic rings. The molecular formula is C19H34N2O6. The van der Waals surface area contributed by atoms with Gasteiger partial charge in [-0.1, -0.05) is 5.92 Å². The molecule has 27 heavy (non-hydrogen) atoms. The van der Waals surface area contributed by atoms with Crippen molar-refractivity contribution in [3.05, 3.63) is 0 Å². The first-order chi connectivity index (χ1) is 13.3. The minimum absolute atomic E-state index is 0.145. The van der Waals surface area contributed by atoms with Crippen LogP contribution in [0.5, 0.6) is 0 Å². The third-order valence-electron chi connectivity index (χ3n) is 4.18. The predicted molar refractivity (Wildman–Crippen MR) is 102 cm³/mol. The van der Waals surface area contributed by atoms with Crippen molar-refractivity contribution in [1.29, 1.82) is 0 Å². The third kappa shape index (κ3) is 13.6. The summed E-state index contributed by atoms with van der Waals surface area (Å²) >= 11 is 0. The average molecular weight is 386 g/mol. The highest BCUT2D eigenvalue weighted by atomic mass is 16.6. The van der Waals surface area contributed by atoms with Crippen LogP contribution in [-0.4, -0.2) is 115 Å². The van der Waals surface area contributed by atoms with Crippen molar-refractivity contribution in [2.75, 3.05) is 99.2 Å². The van der Waals surface area contributed by atoms with Crippen LogP contribution >= 0.6 is 0 Å². The molecule has 0 aromatic carbocycles. The first kappa shape index (κ1) is 23.8. The van der Waals surface area contributed by atoms with E-state index in [0.717, 1.165) is 39.3 Å². The predicted octanol–water partition coefficient (Wildman–Crippen LogP) is -0.133. The SMILES string of the molecule is C#CCOCCOCCOCCOCCN1CCN(CCC(=O)OC)CC1. The number of carbonyl (C=O) groups excluding carboxylic acids is 1. The Kier molecular flexibility index (Phi) is 14.9. The second-order valence-corrected chi connectivity index (χ2v) is 6.10. The Morgan fingerprint density at radius 1 is 0.815 bits per heavy atom. The number of esters is 1. The maximum atomic E-state index is 11.2. The lowest BCUT2D eigenvalue weighted by molar-refractivity contribution is -0.141. The molecule has 1 heterocycles. The molecule has 1 saturated heterocycles. The number of ether oxygens (including phenoxy) is 5. The van der Waals surface area contributed by atoms with Gasteiger partial charge in [0.25, 0.3) is 0 Å². The molecule has 1 aliphatic rings. The minimum atomic E-state index is -0.145. The number of rotatable bonds is 16. The van der Waals surface area contributed by atoms with Crippen LogP contribution in [0, 0.1) is 12.3 Å². The number of carbonyl (C=O) groups is 1. The van der Waals surface area contributed by atoms with E-state index in [-0.39, 0.29) is 5.97 Å².